The normalized spacial score (nSPS) is 25.0. The molecule has 0 heterocycles. The lowest BCUT2D eigenvalue weighted by atomic mass is 10.0. The predicted molar refractivity (Wildman–Crippen MR) is 95.2 cm³/mol. The van der Waals surface area contributed by atoms with Gasteiger partial charge in [-0.2, -0.15) is 0 Å². The van der Waals surface area contributed by atoms with Gasteiger partial charge in [-0.3, -0.25) is 0 Å². The van der Waals surface area contributed by atoms with Gasteiger partial charge in [0.1, 0.15) is 0 Å². The third-order valence-corrected chi connectivity index (χ3v) is 20.4. The fraction of sp³-hybridized carbons (Fsp3) is 0.765. The molecule has 0 aromatic heterocycles. The molecule has 1 rings (SSSR count). The van der Waals surface area contributed by atoms with Crippen molar-refractivity contribution in [3.05, 3.63) is 22.8 Å². The molecule has 0 radical (unpaired) electrons. The lowest BCUT2D eigenvalue weighted by molar-refractivity contribution is 0.861. The van der Waals surface area contributed by atoms with Crippen LogP contribution in [0.5, 0.6) is 0 Å². The van der Waals surface area contributed by atoms with Gasteiger partial charge in [0.15, 0.2) is 0 Å². The minimum atomic E-state index is -1.37. The summed E-state index contributed by atoms with van der Waals surface area (Å²) in [5.74, 6) is 0. The van der Waals surface area contributed by atoms with Crippen LogP contribution in [-0.2, 0) is 0 Å². The quantitative estimate of drug-likeness (QED) is 0.408. The first-order valence-electron chi connectivity index (χ1n) is 7.63. The molecule has 0 aromatic rings. The van der Waals surface area contributed by atoms with Gasteiger partial charge in [-0.15, -0.1) is 7.47 Å². The highest BCUT2D eigenvalue weighted by Crippen LogP contribution is 2.67. The third-order valence-electron chi connectivity index (χ3n) is 5.47. The van der Waals surface area contributed by atoms with Crippen molar-refractivity contribution in [2.45, 2.75) is 84.8 Å². The lowest BCUT2D eigenvalue weighted by Gasteiger charge is -2.49. The Labute approximate surface area is 123 Å². The maximum absolute atomic E-state index is 2.64. The molecule has 1 aliphatic carbocycles. The van der Waals surface area contributed by atoms with Gasteiger partial charge in [0.05, 0.1) is 7.74 Å². The van der Waals surface area contributed by atoms with Crippen LogP contribution in [-0.4, -0.2) is 19.1 Å². The fourth-order valence-electron chi connectivity index (χ4n) is 4.13. The second-order valence-electron chi connectivity index (χ2n) is 7.43. The van der Waals surface area contributed by atoms with Crippen molar-refractivity contribution in [2.75, 3.05) is 0 Å². The van der Waals surface area contributed by atoms with Gasteiger partial charge >= 0.3 is 0 Å². The van der Waals surface area contributed by atoms with Crippen molar-refractivity contribution in [2.24, 2.45) is 0 Å². The number of hydrogen-bond donors (Lipinski definition) is 0. The summed E-state index contributed by atoms with van der Waals surface area (Å²) in [6.07, 6.45) is 2.60. The smallest absolute Gasteiger partial charge is 0.0897 e. The molecule has 0 aliphatic heterocycles. The molecular formula is C17H33PSi. The van der Waals surface area contributed by atoms with Crippen molar-refractivity contribution in [1.82, 2.24) is 0 Å². The number of rotatable bonds is 4. The van der Waals surface area contributed by atoms with E-state index in [1.807, 2.05) is 0 Å². The summed E-state index contributed by atoms with van der Waals surface area (Å²) >= 11 is 0. The van der Waals surface area contributed by atoms with E-state index < -0.39 is 7.74 Å². The molecule has 0 N–H and O–H groups in total. The Morgan fingerprint density at radius 1 is 1.00 bits per heavy atom. The van der Waals surface area contributed by atoms with Crippen LogP contribution in [0.4, 0.5) is 0 Å². The molecule has 1 aliphatic rings. The molecule has 1 unspecified atom stereocenters. The van der Waals surface area contributed by atoms with Gasteiger partial charge in [-0.25, -0.2) is 0 Å². The van der Waals surface area contributed by atoms with Gasteiger partial charge in [-0.05, 0) is 37.7 Å². The first-order valence-corrected chi connectivity index (χ1v) is 12.9. The van der Waals surface area contributed by atoms with Crippen LogP contribution in [0, 0.1) is 0 Å². The molecule has 0 fully saturated rings. The van der Waals surface area contributed by atoms with E-state index in [9.17, 15) is 0 Å². The minimum Gasteiger partial charge on any atom is -0.112 e. The van der Waals surface area contributed by atoms with Crippen LogP contribution in [0.1, 0.15) is 55.4 Å². The Morgan fingerprint density at radius 2 is 1.42 bits per heavy atom. The fourth-order valence-corrected chi connectivity index (χ4v) is 20.2. The summed E-state index contributed by atoms with van der Waals surface area (Å²) in [5, 5.41) is 0.363. The average Bonchev–Trinajstić information content (AvgIpc) is 2.42. The van der Waals surface area contributed by atoms with Gasteiger partial charge in [0, 0.05) is 5.04 Å². The van der Waals surface area contributed by atoms with E-state index in [1.54, 1.807) is 11.1 Å². The summed E-state index contributed by atoms with van der Waals surface area (Å²) < 4.78 is 0. The van der Waals surface area contributed by atoms with Crippen LogP contribution >= 0.6 is 7.47 Å². The van der Waals surface area contributed by atoms with E-state index >= 15 is 0 Å². The maximum atomic E-state index is 2.64. The summed E-state index contributed by atoms with van der Waals surface area (Å²) in [7, 11) is -1.25. The molecule has 19 heavy (non-hydrogen) atoms. The molecule has 0 spiro atoms. The van der Waals surface area contributed by atoms with Crippen LogP contribution in [0.15, 0.2) is 22.8 Å². The number of hydrogen-bond acceptors (Lipinski definition) is 0. The zero-order chi connectivity index (χ0) is 15.2. The van der Waals surface area contributed by atoms with Crippen molar-refractivity contribution < 1.29 is 0 Å². The highest BCUT2D eigenvalue weighted by molar-refractivity contribution is 7.96. The Kier molecular flexibility index (Phi) is 4.96. The van der Waals surface area contributed by atoms with Gasteiger partial charge in [0.25, 0.3) is 0 Å². The summed E-state index contributed by atoms with van der Waals surface area (Å²) in [4.78, 5) is 0. The molecule has 0 bridgehead atoms. The molecule has 0 nitrogen and oxygen atoms in total. The Bertz CT molecular complexity index is 407. The zero-order valence-electron chi connectivity index (χ0n) is 14.7. The maximum Gasteiger partial charge on any atom is 0.0897 e. The van der Waals surface area contributed by atoms with Crippen molar-refractivity contribution in [1.29, 1.82) is 0 Å². The van der Waals surface area contributed by atoms with Crippen molar-refractivity contribution in [3.8, 4) is 0 Å². The third kappa shape index (κ3) is 2.66. The predicted octanol–water partition coefficient (Wildman–Crippen LogP) is 6.55. The summed E-state index contributed by atoms with van der Waals surface area (Å²) in [5.41, 5.74) is 6.40. The van der Waals surface area contributed by atoms with E-state index in [1.165, 1.54) is 5.57 Å². The second kappa shape index (κ2) is 5.49. The molecule has 0 aromatic carbocycles. The SMILES string of the molecule is CC1=CC(C)([Si](C)(C)P(C(C)C)C(C)C)C(C)=C1C. The van der Waals surface area contributed by atoms with Crippen LogP contribution in [0.2, 0.25) is 18.1 Å². The number of allylic oxidation sites excluding steroid dienone is 4. The van der Waals surface area contributed by atoms with E-state index in [4.69, 9.17) is 0 Å². The zero-order valence-corrected chi connectivity index (χ0v) is 16.6. The first-order chi connectivity index (χ1) is 8.46. The van der Waals surface area contributed by atoms with E-state index in [0.717, 1.165) is 11.3 Å². The molecule has 0 saturated carbocycles. The van der Waals surface area contributed by atoms with Crippen LogP contribution < -0.4 is 0 Å². The summed E-state index contributed by atoms with van der Waals surface area (Å²) in [6.45, 7) is 24.6. The van der Waals surface area contributed by atoms with E-state index in [0.29, 0.717) is 5.04 Å². The van der Waals surface area contributed by atoms with Gasteiger partial charge < -0.3 is 0 Å². The standard InChI is InChI=1S/C17H33PSi/c1-12(2)18(13(3)4)19(9,10)17(8)11-14(5)15(6)16(17)7/h11-13H,1-10H3. The molecule has 1 atom stereocenters. The highest BCUT2D eigenvalue weighted by Gasteiger charge is 2.51. The highest BCUT2D eigenvalue weighted by atomic mass is 31.4. The monoisotopic (exact) mass is 296 g/mol. The van der Waals surface area contributed by atoms with Crippen molar-refractivity contribution >= 4 is 15.2 Å². The largest absolute Gasteiger partial charge is 0.112 e. The Morgan fingerprint density at radius 3 is 1.68 bits per heavy atom. The first kappa shape index (κ1) is 17.2. The van der Waals surface area contributed by atoms with Crippen LogP contribution in [0.25, 0.3) is 0 Å². The lowest BCUT2D eigenvalue weighted by Crippen LogP contribution is -2.42. The van der Waals surface area contributed by atoms with Crippen molar-refractivity contribution in [3.63, 3.8) is 0 Å². The Hall–Kier alpha value is 0.127. The molecule has 110 valence electrons. The molecular weight excluding hydrogens is 263 g/mol. The minimum absolute atomic E-state index is 0.114. The second-order valence-corrected chi connectivity index (χ2v) is 19.4. The molecule has 0 amide bonds. The van der Waals surface area contributed by atoms with Crippen LogP contribution in [0.3, 0.4) is 0 Å². The summed E-state index contributed by atoms with van der Waals surface area (Å²) in [6, 6.07) is 0. The average molecular weight is 297 g/mol. The molecule has 0 saturated heterocycles. The topological polar surface area (TPSA) is 0 Å². The van der Waals surface area contributed by atoms with E-state index in [-0.39, 0.29) is 7.47 Å². The molecule has 2 heteroatoms. The van der Waals surface area contributed by atoms with Gasteiger partial charge in [-0.1, -0.05) is 64.9 Å². The Balaban J connectivity index is 3.35. The van der Waals surface area contributed by atoms with Gasteiger partial charge in [0.2, 0.25) is 0 Å². The van der Waals surface area contributed by atoms with E-state index in [2.05, 4.69) is 74.6 Å².